The van der Waals surface area contributed by atoms with E-state index in [2.05, 4.69) is 23.7 Å². The van der Waals surface area contributed by atoms with Gasteiger partial charge < -0.3 is 5.73 Å². The molecular weight excluding hydrogens is 274 g/mol. The van der Waals surface area contributed by atoms with E-state index in [1.54, 1.807) is 16.6 Å². The van der Waals surface area contributed by atoms with Crippen LogP contribution in [-0.2, 0) is 10.0 Å². The zero-order valence-electron chi connectivity index (χ0n) is 11.5. The summed E-state index contributed by atoms with van der Waals surface area (Å²) < 4.78 is 26.6. The Balaban J connectivity index is 2.26. The van der Waals surface area contributed by atoms with E-state index in [1.165, 1.54) is 6.20 Å². The number of aromatic nitrogens is 1. The average molecular weight is 293 g/mol. The zero-order valence-corrected chi connectivity index (χ0v) is 12.4. The quantitative estimate of drug-likeness (QED) is 0.837. The van der Waals surface area contributed by atoms with E-state index in [1.807, 2.05) is 0 Å². The van der Waals surface area contributed by atoms with Crippen LogP contribution in [0.25, 0.3) is 0 Å². The molecule has 0 saturated carbocycles. The van der Waals surface area contributed by atoms with Crippen LogP contribution in [0.15, 0.2) is 23.4 Å². The molecule has 0 radical (unpaired) electrons. The molecule has 0 bridgehead atoms. The molecule has 2 N–H and O–H groups in total. The van der Waals surface area contributed by atoms with Crippen LogP contribution in [0.4, 0.5) is 0 Å². The number of nitrogens with zero attached hydrogens (tertiary/aromatic N) is 2. The van der Waals surface area contributed by atoms with Crippen molar-refractivity contribution < 1.29 is 8.42 Å². The molecule has 2 rings (SSSR count). The lowest BCUT2D eigenvalue weighted by Gasteiger charge is -2.16. The third kappa shape index (κ3) is 3.18. The molecular formula is C14H19N3O2S. The van der Waals surface area contributed by atoms with Gasteiger partial charge >= 0.3 is 0 Å². The van der Waals surface area contributed by atoms with Gasteiger partial charge in [-0.3, -0.25) is 4.98 Å². The van der Waals surface area contributed by atoms with Crippen molar-refractivity contribution in [3.8, 4) is 11.8 Å². The number of hydrogen-bond acceptors (Lipinski definition) is 4. The fourth-order valence-corrected chi connectivity index (χ4v) is 3.80. The highest BCUT2D eigenvalue weighted by atomic mass is 32.2. The largest absolute Gasteiger partial charge is 0.320 e. The van der Waals surface area contributed by atoms with Gasteiger partial charge in [0.2, 0.25) is 10.0 Å². The Bertz CT molecular complexity index is 631. The van der Waals surface area contributed by atoms with Crippen LogP contribution in [0.2, 0.25) is 0 Å². The number of pyridine rings is 1. The van der Waals surface area contributed by atoms with Gasteiger partial charge in [-0.2, -0.15) is 4.31 Å². The lowest BCUT2D eigenvalue weighted by molar-refractivity contribution is 0.452. The van der Waals surface area contributed by atoms with Gasteiger partial charge in [0.1, 0.15) is 4.90 Å². The average Bonchev–Trinajstić information content (AvgIpc) is 2.95. The van der Waals surface area contributed by atoms with E-state index >= 15 is 0 Å². The summed E-state index contributed by atoms with van der Waals surface area (Å²) in [5.41, 5.74) is 5.88. The van der Waals surface area contributed by atoms with Gasteiger partial charge in [-0.15, -0.1) is 0 Å². The van der Waals surface area contributed by atoms with Crippen LogP contribution in [0, 0.1) is 17.8 Å². The molecule has 1 aliphatic rings. The monoisotopic (exact) mass is 293 g/mol. The first kappa shape index (κ1) is 15.0. The Kier molecular flexibility index (Phi) is 4.76. The standard InChI is InChI=1S/C14H19N3O2S/c1-2-12-5-7-17(11-12)20(18,19)14-8-13(4-3-6-15)9-16-10-14/h8-10,12H,2,5-7,11,15H2,1H3. The van der Waals surface area contributed by atoms with Gasteiger partial charge in [-0.1, -0.05) is 25.2 Å². The fourth-order valence-electron chi connectivity index (χ4n) is 2.28. The summed E-state index contributed by atoms with van der Waals surface area (Å²) in [6.45, 7) is 3.50. The number of hydrogen-bond donors (Lipinski definition) is 1. The summed E-state index contributed by atoms with van der Waals surface area (Å²) >= 11 is 0. The van der Waals surface area contributed by atoms with Crippen molar-refractivity contribution in [1.82, 2.24) is 9.29 Å². The maximum absolute atomic E-state index is 12.5. The Morgan fingerprint density at radius 1 is 1.50 bits per heavy atom. The Morgan fingerprint density at radius 3 is 2.95 bits per heavy atom. The van der Waals surface area contributed by atoms with Crippen molar-refractivity contribution in [3.05, 3.63) is 24.0 Å². The molecule has 1 unspecified atom stereocenters. The zero-order chi connectivity index (χ0) is 14.6. The van der Waals surface area contributed by atoms with E-state index < -0.39 is 10.0 Å². The minimum absolute atomic E-state index is 0.207. The second-order valence-electron chi connectivity index (χ2n) is 4.84. The van der Waals surface area contributed by atoms with Crippen molar-refractivity contribution in [2.24, 2.45) is 11.7 Å². The second kappa shape index (κ2) is 6.35. The van der Waals surface area contributed by atoms with E-state index in [0.717, 1.165) is 12.8 Å². The van der Waals surface area contributed by atoms with Crippen molar-refractivity contribution in [2.75, 3.05) is 19.6 Å². The molecule has 1 atom stereocenters. The molecule has 5 nitrogen and oxygen atoms in total. The molecule has 20 heavy (non-hydrogen) atoms. The summed E-state index contributed by atoms with van der Waals surface area (Å²) in [5.74, 6) is 5.96. The van der Waals surface area contributed by atoms with E-state index in [0.29, 0.717) is 24.6 Å². The van der Waals surface area contributed by atoms with Gasteiger partial charge in [0.25, 0.3) is 0 Å². The Morgan fingerprint density at radius 2 is 2.30 bits per heavy atom. The first-order valence-electron chi connectivity index (χ1n) is 6.72. The maximum Gasteiger partial charge on any atom is 0.244 e. The van der Waals surface area contributed by atoms with Gasteiger partial charge in [0, 0.05) is 31.0 Å². The van der Waals surface area contributed by atoms with Gasteiger partial charge in [-0.05, 0) is 18.4 Å². The van der Waals surface area contributed by atoms with Crippen LogP contribution < -0.4 is 5.73 Å². The summed E-state index contributed by atoms with van der Waals surface area (Å²) in [6, 6.07) is 1.56. The molecule has 1 aromatic heterocycles. The molecule has 1 aromatic rings. The molecule has 0 aliphatic carbocycles. The number of rotatable bonds is 3. The summed E-state index contributed by atoms with van der Waals surface area (Å²) in [7, 11) is -3.46. The lowest BCUT2D eigenvalue weighted by Crippen LogP contribution is -2.29. The molecule has 0 spiro atoms. The van der Waals surface area contributed by atoms with Crippen molar-refractivity contribution in [3.63, 3.8) is 0 Å². The molecule has 108 valence electrons. The van der Waals surface area contributed by atoms with Gasteiger partial charge in [0.05, 0.1) is 6.54 Å². The third-order valence-electron chi connectivity index (χ3n) is 3.51. The van der Waals surface area contributed by atoms with Crippen molar-refractivity contribution in [1.29, 1.82) is 0 Å². The number of nitrogens with two attached hydrogens (primary N) is 1. The van der Waals surface area contributed by atoms with Crippen molar-refractivity contribution in [2.45, 2.75) is 24.7 Å². The minimum Gasteiger partial charge on any atom is -0.320 e. The minimum atomic E-state index is -3.46. The molecule has 1 aliphatic heterocycles. The predicted octanol–water partition coefficient (Wildman–Crippen LogP) is 0.812. The van der Waals surface area contributed by atoms with Gasteiger partial charge in [0.15, 0.2) is 0 Å². The van der Waals surface area contributed by atoms with Crippen LogP contribution in [-0.4, -0.2) is 37.3 Å². The molecule has 0 amide bonds. The summed E-state index contributed by atoms with van der Waals surface area (Å²) in [5, 5.41) is 0. The second-order valence-corrected chi connectivity index (χ2v) is 6.78. The van der Waals surface area contributed by atoms with E-state index in [4.69, 9.17) is 5.73 Å². The normalized spacial score (nSPS) is 19.6. The first-order valence-corrected chi connectivity index (χ1v) is 8.16. The predicted molar refractivity (Wildman–Crippen MR) is 77.3 cm³/mol. The highest BCUT2D eigenvalue weighted by Gasteiger charge is 2.31. The maximum atomic E-state index is 12.5. The molecule has 2 heterocycles. The van der Waals surface area contributed by atoms with Crippen LogP contribution in [0.3, 0.4) is 0 Å². The molecule has 6 heteroatoms. The Hall–Kier alpha value is -1.42. The van der Waals surface area contributed by atoms with E-state index in [9.17, 15) is 8.42 Å². The highest BCUT2D eigenvalue weighted by Crippen LogP contribution is 2.25. The summed E-state index contributed by atoms with van der Waals surface area (Å²) in [4.78, 5) is 4.17. The highest BCUT2D eigenvalue weighted by molar-refractivity contribution is 7.89. The lowest BCUT2D eigenvalue weighted by atomic mass is 10.1. The molecule has 1 saturated heterocycles. The molecule has 1 fully saturated rings. The fraction of sp³-hybridized carbons (Fsp3) is 0.500. The smallest absolute Gasteiger partial charge is 0.244 e. The van der Waals surface area contributed by atoms with Gasteiger partial charge in [-0.25, -0.2) is 8.42 Å². The molecule has 0 aromatic carbocycles. The van der Waals surface area contributed by atoms with Crippen molar-refractivity contribution >= 4 is 10.0 Å². The van der Waals surface area contributed by atoms with Crippen LogP contribution in [0.5, 0.6) is 0 Å². The number of sulfonamides is 1. The van der Waals surface area contributed by atoms with Crippen LogP contribution >= 0.6 is 0 Å². The Labute approximate surface area is 120 Å². The topological polar surface area (TPSA) is 76.3 Å². The SMILES string of the molecule is CCC1CCN(S(=O)(=O)c2cncc(C#CCN)c2)C1. The first-order chi connectivity index (χ1) is 9.57. The summed E-state index contributed by atoms with van der Waals surface area (Å²) in [6.07, 6.45) is 4.85. The van der Waals surface area contributed by atoms with E-state index in [-0.39, 0.29) is 11.4 Å². The van der Waals surface area contributed by atoms with Crippen LogP contribution in [0.1, 0.15) is 25.3 Å². The third-order valence-corrected chi connectivity index (χ3v) is 5.34.